The molecule has 0 saturated heterocycles. The third-order valence-electron chi connectivity index (χ3n) is 1.72. The Morgan fingerprint density at radius 3 is 2.57 bits per heavy atom. The highest BCUT2D eigenvalue weighted by Gasteiger charge is 2.15. The van der Waals surface area contributed by atoms with E-state index >= 15 is 0 Å². The SMILES string of the molecule is CC=CCS(=O)(=O)c1ccccc1Cl. The van der Waals surface area contributed by atoms with Gasteiger partial charge in [0, 0.05) is 0 Å². The fourth-order valence-electron chi connectivity index (χ4n) is 1.01. The Morgan fingerprint density at radius 1 is 1.36 bits per heavy atom. The van der Waals surface area contributed by atoms with Gasteiger partial charge in [-0.3, -0.25) is 0 Å². The van der Waals surface area contributed by atoms with Gasteiger partial charge in [-0.1, -0.05) is 35.9 Å². The van der Waals surface area contributed by atoms with Crippen molar-refractivity contribution in [1.29, 1.82) is 0 Å². The van der Waals surface area contributed by atoms with Crippen molar-refractivity contribution in [2.24, 2.45) is 0 Å². The van der Waals surface area contributed by atoms with E-state index in [-0.39, 0.29) is 15.7 Å². The summed E-state index contributed by atoms with van der Waals surface area (Å²) in [5.41, 5.74) is 0. The number of rotatable bonds is 3. The van der Waals surface area contributed by atoms with Crippen LogP contribution in [0.3, 0.4) is 0 Å². The molecule has 1 rings (SSSR count). The van der Waals surface area contributed by atoms with Crippen LogP contribution in [-0.4, -0.2) is 14.2 Å². The molecule has 0 amide bonds. The Labute approximate surface area is 89.1 Å². The smallest absolute Gasteiger partial charge is 0.183 e. The van der Waals surface area contributed by atoms with Gasteiger partial charge in [0.1, 0.15) is 0 Å². The van der Waals surface area contributed by atoms with E-state index in [1.54, 1.807) is 37.3 Å². The van der Waals surface area contributed by atoms with Gasteiger partial charge in [-0.2, -0.15) is 0 Å². The Bertz CT molecular complexity index is 435. The van der Waals surface area contributed by atoms with Gasteiger partial charge < -0.3 is 0 Å². The summed E-state index contributed by atoms with van der Waals surface area (Å²) < 4.78 is 23.4. The first kappa shape index (κ1) is 11.3. The molecule has 0 aliphatic rings. The summed E-state index contributed by atoms with van der Waals surface area (Å²) in [4.78, 5) is 0.194. The van der Waals surface area contributed by atoms with Crippen molar-refractivity contribution < 1.29 is 8.42 Å². The van der Waals surface area contributed by atoms with Crippen LogP contribution in [0.25, 0.3) is 0 Å². The van der Waals surface area contributed by atoms with Crippen molar-refractivity contribution in [1.82, 2.24) is 0 Å². The summed E-state index contributed by atoms with van der Waals surface area (Å²) >= 11 is 5.78. The molecule has 0 bridgehead atoms. The average Bonchev–Trinajstić information content (AvgIpc) is 2.15. The first-order valence-electron chi connectivity index (χ1n) is 4.16. The van der Waals surface area contributed by atoms with Gasteiger partial charge in [0.05, 0.1) is 15.7 Å². The maximum absolute atomic E-state index is 11.7. The summed E-state index contributed by atoms with van der Waals surface area (Å²) in [7, 11) is -3.27. The minimum atomic E-state index is -3.27. The molecule has 2 nitrogen and oxygen atoms in total. The molecule has 14 heavy (non-hydrogen) atoms. The topological polar surface area (TPSA) is 34.1 Å². The Morgan fingerprint density at radius 2 is 2.00 bits per heavy atom. The van der Waals surface area contributed by atoms with Crippen LogP contribution in [0.2, 0.25) is 5.02 Å². The van der Waals surface area contributed by atoms with E-state index < -0.39 is 9.84 Å². The molecule has 0 heterocycles. The lowest BCUT2D eigenvalue weighted by Gasteiger charge is -2.02. The maximum atomic E-state index is 11.7. The normalized spacial score (nSPS) is 12.1. The predicted molar refractivity (Wildman–Crippen MR) is 58.3 cm³/mol. The highest BCUT2D eigenvalue weighted by molar-refractivity contribution is 7.91. The van der Waals surface area contributed by atoms with Crippen LogP contribution >= 0.6 is 11.6 Å². The van der Waals surface area contributed by atoms with Crippen LogP contribution in [0, 0.1) is 0 Å². The van der Waals surface area contributed by atoms with Crippen molar-refractivity contribution in [2.45, 2.75) is 11.8 Å². The third kappa shape index (κ3) is 2.59. The molecule has 1 aromatic carbocycles. The molecule has 0 aliphatic heterocycles. The van der Waals surface area contributed by atoms with Crippen molar-refractivity contribution in [3.05, 3.63) is 41.4 Å². The second kappa shape index (κ2) is 4.62. The molecular formula is C10H11ClO2S. The van der Waals surface area contributed by atoms with Crippen LogP contribution in [-0.2, 0) is 9.84 Å². The summed E-state index contributed by atoms with van der Waals surface area (Å²) in [6.07, 6.45) is 3.30. The molecule has 0 saturated carbocycles. The van der Waals surface area contributed by atoms with Crippen molar-refractivity contribution in [3.63, 3.8) is 0 Å². The largest absolute Gasteiger partial charge is 0.223 e. The van der Waals surface area contributed by atoms with Gasteiger partial charge >= 0.3 is 0 Å². The minimum Gasteiger partial charge on any atom is -0.223 e. The van der Waals surface area contributed by atoms with Gasteiger partial charge in [0.25, 0.3) is 0 Å². The van der Waals surface area contributed by atoms with Crippen molar-refractivity contribution in [2.75, 3.05) is 5.75 Å². The molecule has 4 heteroatoms. The zero-order chi connectivity index (χ0) is 10.6. The van der Waals surface area contributed by atoms with E-state index in [1.165, 1.54) is 6.07 Å². The first-order chi connectivity index (χ1) is 6.58. The second-order valence-corrected chi connectivity index (χ2v) is 5.19. The monoisotopic (exact) mass is 230 g/mol. The summed E-state index contributed by atoms with van der Waals surface area (Å²) in [5.74, 6) is -0.00671. The maximum Gasteiger partial charge on any atom is 0.183 e. The standard InChI is InChI=1S/C10H11ClO2S/c1-2-3-8-14(12,13)10-7-5-4-6-9(10)11/h2-7H,8H2,1H3. The van der Waals surface area contributed by atoms with Crippen molar-refractivity contribution >= 4 is 21.4 Å². The summed E-state index contributed by atoms with van der Waals surface area (Å²) in [5, 5.41) is 0.275. The zero-order valence-electron chi connectivity index (χ0n) is 7.77. The van der Waals surface area contributed by atoms with Crippen LogP contribution < -0.4 is 0 Å². The van der Waals surface area contributed by atoms with Gasteiger partial charge in [-0.25, -0.2) is 8.42 Å². The van der Waals surface area contributed by atoms with Gasteiger partial charge in [-0.05, 0) is 19.1 Å². The average molecular weight is 231 g/mol. The van der Waals surface area contributed by atoms with E-state index in [1.807, 2.05) is 0 Å². The molecule has 0 aliphatic carbocycles. The fraction of sp³-hybridized carbons (Fsp3) is 0.200. The lowest BCUT2D eigenvalue weighted by atomic mass is 10.4. The Hall–Kier alpha value is -0.800. The first-order valence-corrected chi connectivity index (χ1v) is 6.19. The summed E-state index contributed by atoms with van der Waals surface area (Å²) in [6.45, 7) is 1.78. The second-order valence-electron chi connectivity index (χ2n) is 2.78. The highest BCUT2D eigenvalue weighted by atomic mass is 35.5. The molecular weight excluding hydrogens is 220 g/mol. The molecule has 0 radical (unpaired) electrons. The number of halogens is 1. The molecule has 0 unspecified atom stereocenters. The zero-order valence-corrected chi connectivity index (χ0v) is 9.35. The Balaban J connectivity index is 3.11. The molecule has 1 aromatic rings. The van der Waals surface area contributed by atoms with E-state index in [9.17, 15) is 8.42 Å². The molecule has 0 aromatic heterocycles. The fourth-order valence-corrected chi connectivity index (χ4v) is 2.77. The van der Waals surface area contributed by atoms with Crippen molar-refractivity contribution in [3.8, 4) is 0 Å². The molecule has 0 spiro atoms. The van der Waals surface area contributed by atoms with Crippen LogP contribution in [0.15, 0.2) is 41.3 Å². The number of hydrogen-bond donors (Lipinski definition) is 0. The quantitative estimate of drug-likeness (QED) is 0.749. The number of hydrogen-bond acceptors (Lipinski definition) is 2. The third-order valence-corrected chi connectivity index (χ3v) is 3.82. The van der Waals surface area contributed by atoms with Gasteiger partial charge in [-0.15, -0.1) is 0 Å². The van der Waals surface area contributed by atoms with Crippen LogP contribution in [0.1, 0.15) is 6.92 Å². The number of allylic oxidation sites excluding steroid dienone is 1. The van der Waals surface area contributed by atoms with Gasteiger partial charge in [0.15, 0.2) is 9.84 Å². The number of benzene rings is 1. The Kier molecular flexibility index (Phi) is 3.72. The van der Waals surface area contributed by atoms with E-state index in [4.69, 9.17) is 11.6 Å². The highest BCUT2D eigenvalue weighted by Crippen LogP contribution is 2.21. The summed E-state index contributed by atoms with van der Waals surface area (Å²) in [6, 6.07) is 6.46. The van der Waals surface area contributed by atoms with Crippen LogP contribution in [0.5, 0.6) is 0 Å². The lowest BCUT2D eigenvalue weighted by Crippen LogP contribution is -2.05. The molecule has 76 valence electrons. The number of sulfone groups is 1. The van der Waals surface area contributed by atoms with E-state index in [2.05, 4.69) is 0 Å². The lowest BCUT2D eigenvalue weighted by molar-refractivity contribution is 0.599. The van der Waals surface area contributed by atoms with Gasteiger partial charge in [0.2, 0.25) is 0 Å². The van der Waals surface area contributed by atoms with E-state index in [0.29, 0.717) is 0 Å². The van der Waals surface area contributed by atoms with E-state index in [0.717, 1.165) is 0 Å². The van der Waals surface area contributed by atoms with Crippen LogP contribution in [0.4, 0.5) is 0 Å². The minimum absolute atomic E-state index is 0.00671. The predicted octanol–water partition coefficient (Wildman–Crippen LogP) is 2.69. The molecule has 0 fully saturated rings. The molecule has 0 N–H and O–H groups in total. The molecule has 0 atom stereocenters.